The number of halogens is 1. The molecule has 1 aromatic carbocycles. The van der Waals surface area contributed by atoms with Crippen LogP contribution in [0.5, 0.6) is 0 Å². The maximum atomic E-state index is 6.29. The lowest BCUT2D eigenvalue weighted by Crippen LogP contribution is -2.13. The van der Waals surface area contributed by atoms with Gasteiger partial charge >= 0.3 is 0 Å². The van der Waals surface area contributed by atoms with E-state index in [0.717, 1.165) is 30.3 Å². The number of hydrogen-bond donors (Lipinski definition) is 1. The lowest BCUT2D eigenvalue weighted by molar-refractivity contribution is 0.101. The highest BCUT2D eigenvalue weighted by Crippen LogP contribution is 2.27. The molecule has 2 nitrogen and oxygen atoms in total. The van der Waals surface area contributed by atoms with Crippen LogP contribution in [0.15, 0.2) is 22.7 Å². The fourth-order valence-corrected chi connectivity index (χ4v) is 3.00. The number of hydrogen-bond acceptors (Lipinski definition) is 2. The van der Waals surface area contributed by atoms with Crippen LogP contribution in [0.4, 0.5) is 0 Å². The molecule has 0 radical (unpaired) electrons. The predicted octanol–water partition coefficient (Wildman–Crippen LogP) is 4.11. The SMILES string of the molecule is Cc1c(Br)cccc1C(N)CCCC1CCCO1. The van der Waals surface area contributed by atoms with Crippen LogP contribution < -0.4 is 5.73 Å². The van der Waals surface area contributed by atoms with Crippen LogP contribution in [0.1, 0.15) is 49.3 Å². The van der Waals surface area contributed by atoms with E-state index in [1.807, 2.05) is 0 Å². The van der Waals surface area contributed by atoms with Crippen molar-refractivity contribution in [1.29, 1.82) is 0 Å². The second-order valence-corrected chi connectivity index (χ2v) is 5.98. The maximum absolute atomic E-state index is 6.29. The molecule has 0 amide bonds. The van der Waals surface area contributed by atoms with Crippen LogP contribution in [0, 0.1) is 6.92 Å². The molecular formula is C15H22BrNO. The first-order valence-electron chi connectivity index (χ1n) is 6.80. The highest BCUT2D eigenvalue weighted by Gasteiger charge is 2.16. The number of nitrogens with two attached hydrogens (primary N) is 1. The van der Waals surface area contributed by atoms with Gasteiger partial charge in [-0.1, -0.05) is 28.1 Å². The molecule has 1 fully saturated rings. The second kappa shape index (κ2) is 6.69. The van der Waals surface area contributed by atoms with E-state index < -0.39 is 0 Å². The van der Waals surface area contributed by atoms with Crippen molar-refractivity contribution in [3.05, 3.63) is 33.8 Å². The molecule has 2 unspecified atom stereocenters. The molecule has 0 bridgehead atoms. The normalized spacial score (nSPS) is 21.2. The first-order valence-corrected chi connectivity index (χ1v) is 7.60. The summed E-state index contributed by atoms with van der Waals surface area (Å²) < 4.78 is 6.78. The minimum absolute atomic E-state index is 0.143. The van der Waals surface area contributed by atoms with E-state index in [1.165, 1.54) is 24.0 Å². The third-order valence-electron chi connectivity index (χ3n) is 3.77. The Hall–Kier alpha value is -0.380. The second-order valence-electron chi connectivity index (χ2n) is 5.13. The van der Waals surface area contributed by atoms with E-state index in [-0.39, 0.29) is 6.04 Å². The van der Waals surface area contributed by atoms with Crippen molar-refractivity contribution in [2.45, 2.75) is 51.2 Å². The van der Waals surface area contributed by atoms with Crippen LogP contribution >= 0.6 is 15.9 Å². The third-order valence-corrected chi connectivity index (χ3v) is 4.63. The number of benzene rings is 1. The van der Waals surface area contributed by atoms with Crippen LogP contribution in [0.3, 0.4) is 0 Å². The summed E-state index contributed by atoms with van der Waals surface area (Å²) >= 11 is 3.56. The average Bonchev–Trinajstić information content (AvgIpc) is 2.85. The Labute approximate surface area is 118 Å². The Balaban J connectivity index is 1.83. The summed E-state index contributed by atoms with van der Waals surface area (Å²) in [5, 5.41) is 0. The smallest absolute Gasteiger partial charge is 0.0576 e. The van der Waals surface area contributed by atoms with Crippen molar-refractivity contribution in [2.24, 2.45) is 5.73 Å². The standard InChI is InChI=1S/C15H22BrNO/c1-11-13(7-3-8-14(11)16)15(17)9-2-5-12-6-4-10-18-12/h3,7-8,12,15H,2,4-6,9-10,17H2,1H3. The third kappa shape index (κ3) is 3.56. The van der Waals surface area contributed by atoms with Gasteiger partial charge < -0.3 is 10.5 Å². The van der Waals surface area contributed by atoms with Crippen LogP contribution in [-0.4, -0.2) is 12.7 Å². The van der Waals surface area contributed by atoms with Crippen molar-refractivity contribution in [3.63, 3.8) is 0 Å². The van der Waals surface area contributed by atoms with Gasteiger partial charge in [-0.2, -0.15) is 0 Å². The molecule has 0 aromatic heterocycles. The minimum atomic E-state index is 0.143. The molecular weight excluding hydrogens is 290 g/mol. The zero-order valence-corrected chi connectivity index (χ0v) is 12.6. The van der Waals surface area contributed by atoms with Crippen LogP contribution in [0.25, 0.3) is 0 Å². The van der Waals surface area contributed by atoms with Gasteiger partial charge in [0, 0.05) is 17.1 Å². The van der Waals surface area contributed by atoms with Crippen molar-refractivity contribution in [2.75, 3.05) is 6.61 Å². The van der Waals surface area contributed by atoms with Crippen molar-refractivity contribution in [3.8, 4) is 0 Å². The van der Waals surface area contributed by atoms with Gasteiger partial charge in [-0.3, -0.25) is 0 Å². The van der Waals surface area contributed by atoms with Crippen molar-refractivity contribution >= 4 is 15.9 Å². The quantitative estimate of drug-likeness (QED) is 0.888. The molecule has 2 atom stereocenters. The Kier molecular flexibility index (Phi) is 5.22. The van der Waals surface area contributed by atoms with Crippen LogP contribution in [-0.2, 0) is 4.74 Å². The Morgan fingerprint density at radius 3 is 3.06 bits per heavy atom. The lowest BCUT2D eigenvalue weighted by atomic mass is 9.96. The zero-order chi connectivity index (χ0) is 13.0. The van der Waals surface area contributed by atoms with Gasteiger partial charge in [0.05, 0.1) is 6.10 Å². The monoisotopic (exact) mass is 311 g/mol. The Morgan fingerprint density at radius 2 is 2.33 bits per heavy atom. The van der Waals surface area contributed by atoms with Gasteiger partial charge in [-0.05, 0) is 56.2 Å². The molecule has 1 saturated heterocycles. The van der Waals surface area contributed by atoms with Gasteiger partial charge in [0.15, 0.2) is 0 Å². The molecule has 2 rings (SSSR count). The topological polar surface area (TPSA) is 35.2 Å². The fourth-order valence-electron chi connectivity index (χ4n) is 2.62. The highest BCUT2D eigenvalue weighted by atomic mass is 79.9. The average molecular weight is 312 g/mol. The van der Waals surface area contributed by atoms with E-state index in [4.69, 9.17) is 10.5 Å². The van der Waals surface area contributed by atoms with Gasteiger partial charge in [0.1, 0.15) is 0 Å². The first-order chi connectivity index (χ1) is 8.68. The molecule has 1 aliphatic rings. The summed E-state index contributed by atoms with van der Waals surface area (Å²) in [5.74, 6) is 0. The zero-order valence-electron chi connectivity index (χ0n) is 11.0. The summed E-state index contributed by atoms with van der Waals surface area (Å²) in [6.45, 7) is 3.07. The molecule has 100 valence electrons. The fraction of sp³-hybridized carbons (Fsp3) is 0.600. The molecule has 3 heteroatoms. The molecule has 1 heterocycles. The number of rotatable bonds is 5. The summed E-state index contributed by atoms with van der Waals surface area (Å²) in [7, 11) is 0. The minimum Gasteiger partial charge on any atom is -0.378 e. The van der Waals surface area contributed by atoms with Gasteiger partial charge in [0.2, 0.25) is 0 Å². The van der Waals surface area contributed by atoms with E-state index in [2.05, 4.69) is 41.1 Å². The molecule has 0 aliphatic carbocycles. The summed E-state index contributed by atoms with van der Waals surface area (Å²) in [6, 6.07) is 6.41. The van der Waals surface area contributed by atoms with Crippen molar-refractivity contribution < 1.29 is 4.74 Å². The van der Waals surface area contributed by atoms with E-state index in [9.17, 15) is 0 Å². The predicted molar refractivity (Wildman–Crippen MR) is 78.6 cm³/mol. The molecule has 1 aliphatic heterocycles. The van der Waals surface area contributed by atoms with Crippen LogP contribution in [0.2, 0.25) is 0 Å². The molecule has 18 heavy (non-hydrogen) atoms. The summed E-state index contributed by atoms with van der Waals surface area (Å²) in [5.41, 5.74) is 8.81. The summed E-state index contributed by atoms with van der Waals surface area (Å²) in [6.07, 6.45) is 6.28. The van der Waals surface area contributed by atoms with Gasteiger partial charge in [-0.25, -0.2) is 0 Å². The van der Waals surface area contributed by atoms with Gasteiger partial charge in [0.25, 0.3) is 0 Å². The summed E-state index contributed by atoms with van der Waals surface area (Å²) in [4.78, 5) is 0. The Morgan fingerprint density at radius 1 is 1.50 bits per heavy atom. The highest BCUT2D eigenvalue weighted by molar-refractivity contribution is 9.10. The molecule has 0 saturated carbocycles. The Bertz CT molecular complexity index is 388. The molecule has 2 N–H and O–H groups in total. The largest absolute Gasteiger partial charge is 0.378 e. The van der Waals surface area contributed by atoms with E-state index >= 15 is 0 Å². The first kappa shape index (κ1) is 14.0. The molecule has 0 spiro atoms. The number of ether oxygens (including phenoxy) is 1. The maximum Gasteiger partial charge on any atom is 0.0576 e. The van der Waals surface area contributed by atoms with Crippen molar-refractivity contribution in [1.82, 2.24) is 0 Å². The molecule has 1 aromatic rings. The van der Waals surface area contributed by atoms with E-state index in [0.29, 0.717) is 6.10 Å². The lowest BCUT2D eigenvalue weighted by Gasteiger charge is -2.16. The van der Waals surface area contributed by atoms with Gasteiger partial charge in [-0.15, -0.1) is 0 Å². The van der Waals surface area contributed by atoms with E-state index in [1.54, 1.807) is 0 Å².